The second kappa shape index (κ2) is 3.23. The van der Waals surface area contributed by atoms with Crippen LogP contribution in [0.2, 0.25) is 0 Å². The van der Waals surface area contributed by atoms with Crippen molar-refractivity contribution in [3.8, 4) is 0 Å². The van der Waals surface area contributed by atoms with Crippen molar-refractivity contribution in [1.29, 1.82) is 0 Å². The molecular weight excluding hydrogens is 150 g/mol. The molecule has 0 radical (unpaired) electrons. The molecule has 0 aliphatic carbocycles. The zero-order valence-corrected chi connectivity index (χ0v) is 7.83. The predicted octanol–water partition coefficient (Wildman–Crippen LogP) is 1.87. The smallest absolute Gasteiger partial charge is 0.0858 e. The van der Waals surface area contributed by atoms with E-state index in [0.29, 0.717) is 0 Å². The number of hydrogen-bond donors (Lipinski definition) is 1. The molecule has 0 unspecified atom stereocenters. The molecule has 1 aromatic heterocycles. The summed E-state index contributed by atoms with van der Waals surface area (Å²) in [5.74, 6) is 0. The van der Waals surface area contributed by atoms with E-state index in [0.717, 1.165) is 17.5 Å². The predicted molar refractivity (Wildman–Crippen MR) is 48.9 cm³/mol. The van der Waals surface area contributed by atoms with Crippen molar-refractivity contribution in [2.45, 2.75) is 32.8 Å². The molecule has 0 amide bonds. The molecule has 0 spiro atoms. The van der Waals surface area contributed by atoms with Crippen LogP contribution in [0.15, 0.2) is 18.5 Å². The summed E-state index contributed by atoms with van der Waals surface area (Å²) in [6, 6.07) is 1.95. The highest BCUT2D eigenvalue weighted by Gasteiger charge is 2.18. The molecule has 12 heavy (non-hydrogen) atoms. The van der Waals surface area contributed by atoms with E-state index in [1.54, 1.807) is 26.2 Å². The molecule has 0 saturated heterocycles. The molecule has 0 aromatic carbocycles. The summed E-state index contributed by atoms with van der Waals surface area (Å²) in [7, 11) is 0. The van der Waals surface area contributed by atoms with Crippen molar-refractivity contribution < 1.29 is 5.11 Å². The Labute approximate surface area is 73.3 Å². The van der Waals surface area contributed by atoms with E-state index in [9.17, 15) is 5.11 Å². The Morgan fingerprint density at radius 2 is 2.17 bits per heavy atom. The van der Waals surface area contributed by atoms with Crippen molar-refractivity contribution in [2.24, 2.45) is 0 Å². The van der Waals surface area contributed by atoms with Crippen LogP contribution in [-0.4, -0.2) is 10.1 Å². The molecule has 1 N–H and O–H groups in total. The average Bonchev–Trinajstić information content (AvgIpc) is 2.03. The van der Waals surface area contributed by atoms with Crippen molar-refractivity contribution >= 4 is 0 Å². The second-order valence-corrected chi connectivity index (χ2v) is 3.45. The molecule has 0 saturated carbocycles. The molecule has 0 bridgehead atoms. The van der Waals surface area contributed by atoms with Gasteiger partial charge in [-0.1, -0.05) is 6.92 Å². The summed E-state index contributed by atoms with van der Waals surface area (Å²) < 4.78 is 0. The van der Waals surface area contributed by atoms with Gasteiger partial charge >= 0.3 is 0 Å². The molecule has 1 aromatic rings. The standard InChI is InChI=1S/C10H15NO/c1-4-8-5-6-11-7-9(8)10(2,3)12/h5-7,12H,4H2,1-3H3. The van der Waals surface area contributed by atoms with Crippen LogP contribution in [0.1, 0.15) is 31.9 Å². The lowest BCUT2D eigenvalue weighted by molar-refractivity contribution is 0.0773. The number of aliphatic hydroxyl groups is 1. The lowest BCUT2D eigenvalue weighted by Gasteiger charge is -2.20. The van der Waals surface area contributed by atoms with Gasteiger partial charge in [-0.25, -0.2) is 0 Å². The largest absolute Gasteiger partial charge is 0.386 e. The zero-order valence-electron chi connectivity index (χ0n) is 7.83. The fourth-order valence-corrected chi connectivity index (χ4v) is 1.28. The van der Waals surface area contributed by atoms with Gasteiger partial charge in [0.05, 0.1) is 5.60 Å². The Morgan fingerprint density at radius 1 is 1.50 bits per heavy atom. The first-order valence-corrected chi connectivity index (χ1v) is 4.21. The third-order valence-electron chi connectivity index (χ3n) is 1.95. The van der Waals surface area contributed by atoms with Gasteiger partial charge in [0, 0.05) is 18.0 Å². The number of pyridine rings is 1. The lowest BCUT2D eigenvalue weighted by atomic mass is 9.94. The Hall–Kier alpha value is -0.890. The van der Waals surface area contributed by atoms with E-state index in [4.69, 9.17) is 0 Å². The first kappa shape index (κ1) is 9.20. The molecule has 0 atom stereocenters. The Balaban J connectivity index is 3.14. The summed E-state index contributed by atoms with van der Waals surface area (Å²) in [4.78, 5) is 4.00. The molecule has 0 fully saturated rings. The zero-order chi connectivity index (χ0) is 9.19. The first-order chi connectivity index (χ1) is 5.55. The molecular formula is C10H15NO. The molecule has 2 nitrogen and oxygen atoms in total. The van der Waals surface area contributed by atoms with E-state index >= 15 is 0 Å². The van der Waals surface area contributed by atoms with Gasteiger partial charge in [0.2, 0.25) is 0 Å². The van der Waals surface area contributed by atoms with Gasteiger partial charge in [0.1, 0.15) is 0 Å². The second-order valence-electron chi connectivity index (χ2n) is 3.45. The van der Waals surface area contributed by atoms with Gasteiger partial charge in [-0.05, 0) is 31.9 Å². The fraction of sp³-hybridized carbons (Fsp3) is 0.500. The maximum Gasteiger partial charge on any atom is 0.0858 e. The van der Waals surface area contributed by atoms with Gasteiger partial charge in [0.15, 0.2) is 0 Å². The Morgan fingerprint density at radius 3 is 2.58 bits per heavy atom. The van der Waals surface area contributed by atoms with Crippen LogP contribution in [-0.2, 0) is 12.0 Å². The van der Waals surface area contributed by atoms with Gasteiger partial charge in [-0.3, -0.25) is 4.98 Å². The highest BCUT2D eigenvalue weighted by Crippen LogP contribution is 2.22. The summed E-state index contributed by atoms with van der Waals surface area (Å²) in [5, 5.41) is 9.76. The van der Waals surface area contributed by atoms with Crippen LogP contribution in [0.3, 0.4) is 0 Å². The Bertz CT molecular complexity index is 263. The maximum absolute atomic E-state index is 9.76. The normalized spacial score (nSPS) is 11.7. The minimum Gasteiger partial charge on any atom is -0.386 e. The van der Waals surface area contributed by atoms with E-state index in [2.05, 4.69) is 11.9 Å². The van der Waals surface area contributed by atoms with Crippen LogP contribution < -0.4 is 0 Å². The van der Waals surface area contributed by atoms with Gasteiger partial charge in [-0.15, -0.1) is 0 Å². The first-order valence-electron chi connectivity index (χ1n) is 4.21. The molecule has 0 aliphatic heterocycles. The highest BCUT2D eigenvalue weighted by molar-refractivity contribution is 5.27. The van der Waals surface area contributed by atoms with E-state index in [1.807, 2.05) is 6.07 Å². The fourth-order valence-electron chi connectivity index (χ4n) is 1.28. The number of aromatic nitrogens is 1. The molecule has 1 heterocycles. The Kier molecular flexibility index (Phi) is 2.48. The number of aryl methyl sites for hydroxylation is 1. The van der Waals surface area contributed by atoms with Crippen LogP contribution in [0, 0.1) is 0 Å². The molecule has 2 heteroatoms. The topological polar surface area (TPSA) is 33.1 Å². The summed E-state index contributed by atoms with van der Waals surface area (Å²) in [6.07, 6.45) is 4.43. The third-order valence-corrected chi connectivity index (χ3v) is 1.95. The number of rotatable bonds is 2. The molecule has 1 rings (SSSR count). The van der Waals surface area contributed by atoms with Gasteiger partial charge < -0.3 is 5.11 Å². The van der Waals surface area contributed by atoms with Gasteiger partial charge in [0.25, 0.3) is 0 Å². The molecule has 0 aliphatic rings. The van der Waals surface area contributed by atoms with Crippen LogP contribution in [0.25, 0.3) is 0 Å². The van der Waals surface area contributed by atoms with E-state index in [1.165, 1.54) is 0 Å². The summed E-state index contributed by atoms with van der Waals surface area (Å²) in [6.45, 7) is 5.64. The van der Waals surface area contributed by atoms with Crippen molar-refractivity contribution in [3.05, 3.63) is 29.6 Å². The quantitative estimate of drug-likeness (QED) is 0.725. The van der Waals surface area contributed by atoms with E-state index < -0.39 is 5.60 Å². The van der Waals surface area contributed by atoms with Gasteiger partial charge in [-0.2, -0.15) is 0 Å². The highest BCUT2D eigenvalue weighted by atomic mass is 16.3. The number of nitrogens with zero attached hydrogens (tertiary/aromatic N) is 1. The SMILES string of the molecule is CCc1ccncc1C(C)(C)O. The minimum absolute atomic E-state index is 0.778. The lowest BCUT2D eigenvalue weighted by Crippen LogP contribution is -2.18. The van der Waals surface area contributed by atoms with Crippen molar-refractivity contribution in [2.75, 3.05) is 0 Å². The van der Waals surface area contributed by atoms with Crippen LogP contribution in [0.5, 0.6) is 0 Å². The van der Waals surface area contributed by atoms with Crippen molar-refractivity contribution in [3.63, 3.8) is 0 Å². The minimum atomic E-state index is -0.778. The number of hydrogen-bond acceptors (Lipinski definition) is 2. The van der Waals surface area contributed by atoms with Crippen LogP contribution in [0.4, 0.5) is 0 Å². The molecule has 66 valence electrons. The maximum atomic E-state index is 9.76. The van der Waals surface area contributed by atoms with Crippen molar-refractivity contribution in [1.82, 2.24) is 4.98 Å². The van der Waals surface area contributed by atoms with Crippen LogP contribution >= 0.6 is 0 Å². The third kappa shape index (κ3) is 1.83. The summed E-state index contributed by atoms with van der Waals surface area (Å²) in [5.41, 5.74) is 1.31. The summed E-state index contributed by atoms with van der Waals surface area (Å²) >= 11 is 0. The monoisotopic (exact) mass is 165 g/mol. The average molecular weight is 165 g/mol. The van der Waals surface area contributed by atoms with E-state index in [-0.39, 0.29) is 0 Å².